The van der Waals surface area contributed by atoms with Crippen LogP contribution in [0.5, 0.6) is 0 Å². The van der Waals surface area contributed by atoms with Gasteiger partial charge in [-0.3, -0.25) is 0 Å². The van der Waals surface area contributed by atoms with Crippen LogP contribution in [0.25, 0.3) is 0 Å². The number of aliphatic hydroxyl groups excluding tert-OH is 5. The zero-order valence-corrected chi connectivity index (χ0v) is 9.69. The molecule has 0 spiro atoms. The molecule has 1 aliphatic heterocycles. The van der Waals surface area contributed by atoms with Crippen LogP contribution in [0, 0.1) is 0 Å². The molecule has 7 nitrogen and oxygen atoms in total. The highest BCUT2D eigenvalue weighted by atomic mass is 79.9. The van der Waals surface area contributed by atoms with E-state index in [4.69, 9.17) is 5.11 Å². The fourth-order valence-corrected chi connectivity index (χ4v) is 1.76. The number of cyclic esters (lactones) is 1. The Kier molecular flexibility index (Phi) is 4.65. The molecule has 0 aromatic rings. The van der Waals surface area contributed by atoms with Gasteiger partial charge in [-0.05, 0) is 0 Å². The maximum Gasteiger partial charge on any atom is 0.338 e. The minimum absolute atomic E-state index is 0.00451. The molecule has 0 aromatic carbocycles. The Labute approximate surface area is 99.4 Å². The van der Waals surface area contributed by atoms with Crippen LogP contribution in [-0.4, -0.2) is 73.5 Å². The summed E-state index contributed by atoms with van der Waals surface area (Å²) in [5.41, 5.74) is 0. The maximum absolute atomic E-state index is 10.9. The number of alkyl halides is 1. The largest absolute Gasteiger partial charge is 0.455 e. The molecule has 1 saturated heterocycles. The first-order chi connectivity index (χ1) is 7.40. The summed E-state index contributed by atoms with van der Waals surface area (Å²) >= 11 is 2.89. The molecular weight excluding hydrogens is 288 g/mol. The first-order valence-corrected chi connectivity index (χ1v) is 5.69. The van der Waals surface area contributed by atoms with Gasteiger partial charge in [-0.15, -0.1) is 0 Å². The molecule has 1 aliphatic rings. The van der Waals surface area contributed by atoms with Gasteiger partial charge in [0.25, 0.3) is 0 Å². The zero-order chi connectivity index (χ0) is 12.5. The second-order valence-corrected chi connectivity index (χ2v) is 4.19. The van der Waals surface area contributed by atoms with Crippen LogP contribution in [0.15, 0.2) is 0 Å². The van der Waals surface area contributed by atoms with E-state index in [1.165, 1.54) is 0 Å². The molecule has 0 aliphatic carbocycles. The molecule has 0 radical (unpaired) electrons. The molecule has 1 rings (SSSR count). The average Bonchev–Trinajstić information content (AvgIpc) is 2.54. The van der Waals surface area contributed by atoms with Gasteiger partial charge in [0.2, 0.25) is 0 Å². The SMILES string of the molecule is O=C1O[C@H]([C@@H](O)[C@H](O)[C@H](O)CBr)[C@@H](O)[C@@H]1O. The van der Waals surface area contributed by atoms with Gasteiger partial charge in [0, 0.05) is 5.33 Å². The van der Waals surface area contributed by atoms with Crippen LogP contribution in [0.2, 0.25) is 0 Å². The summed E-state index contributed by atoms with van der Waals surface area (Å²) in [6.45, 7) is 0. The molecule has 0 unspecified atom stereocenters. The van der Waals surface area contributed by atoms with E-state index in [-0.39, 0.29) is 5.33 Å². The second kappa shape index (κ2) is 5.39. The van der Waals surface area contributed by atoms with Gasteiger partial charge in [0.05, 0.1) is 6.10 Å². The van der Waals surface area contributed by atoms with E-state index < -0.39 is 42.6 Å². The van der Waals surface area contributed by atoms with E-state index in [9.17, 15) is 25.2 Å². The van der Waals surface area contributed by atoms with Gasteiger partial charge >= 0.3 is 5.97 Å². The van der Waals surface area contributed by atoms with Crippen LogP contribution < -0.4 is 0 Å². The molecule has 1 heterocycles. The van der Waals surface area contributed by atoms with E-state index in [2.05, 4.69) is 20.7 Å². The normalized spacial score (nSPS) is 35.6. The van der Waals surface area contributed by atoms with Crippen LogP contribution in [0.3, 0.4) is 0 Å². The second-order valence-electron chi connectivity index (χ2n) is 3.54. The van der Waals surface area contributed by atoms with E-state index >= 15 is 0 Å². The lowest BCUT2D eigenvalue weighted by atomic mass is 9.99. The van der Waals surface area contributed by atoms with Crippen LogP contribution in [0.1, 0.15) is 0 Å². The highest BCUT2D eigenvalue weighted by Gasteiger charge is 2.48. The minimum atomic E-state index is -1.74. The maximum atomic E-state index is 10.9. The fourth-order valence-electron chi connectivity index (χ4n) is 1.38. The fraction of sp³-hybridized carbons (Fsp3) is 0.875. The van der Waals surface area contributed by atoms with Crippen molar-refractivity contribution in [3.63, 3.8) is 0 Å². The molecule has 6 atom stereocenters. The first-order valence-electron chi connectivity index (χ1n) is 4.57. The highest BCUT2D eigenvalue weighted by molar-refractivity contribution is 9.09. The summed E-state index contributed by atoms with van der Waals surface area (Å²) < 4.78 is 4.49. The number of carbonyl (C=O) groups is 1. The number of carbonyl (C=O) groups excluding carboxylic acids is 1. The Morgan fingerprint density at radius 2 is 1.88 bits per heavy atom. The number of hydrogen-bond acceptors (Lipinski definition) is 7. The lowest BCUT2D eigenvalue weighted by Crippen LogP contribution is -2.49. The number of ether oxygens (including phenoxy) is 1. The molecule has 0 saturated carbocycles. The Morgan fingerprint density at radius 3 is 2.25 bits per heavy atom. The molecular formula is C8H13BrO7. The van der Waals surface area contributed by atoms with Crippen molar-refractivity contribution < 1.29 is 35.1 Å². The summed E-state index contributed by atoms with van der Waals surface area (Å²) in [7, 11) is 0. The van der Waals surface area contributed by atoms with Gasteiger partial charge in [-0.2, -0.15) is 0 Å². The van der Waals surface area contributed by atoms with E-state index in [1.807, 2.05) is 0 Å². The number of hydrogen-bond donors (Lipinski definition) is 5. The summed E-state index contributed by atoms with van der Waals surface area (Å²) in [6, 6.07) is 0. The van der Waals surface area contributed by atoms with Crippen molar-refractivity contribution >= 4 is 21.9 Å². The lowest BCUT2D eigenvalue weighted by Gasteiger charge is -2.26. The predicted molar refractivity (Wildman–Crippen MR) is 53.7 cm³/mol. The number of esters is 1. The molecule has 0 amide bonds. The summed E-state index contributed by atoms with van der Waals surface area (Å²) in [5, 5.41) is 46.6. The third-order valence-electron chi connectivity index (χ3n) is 2.39. The Hall–Kier alpha value is -0.250. The van der Waals surface area contributed by atoms with E-state index in [0.29, 0.717) is 0 Å². The third kappa shape index (κ3) is 2.53. The predicted octanol–water partition coefficient (Wildman–Crippen LogP) is -2.89. The average molecular weight is 301 g/mol. The van der Waals surface area contributed by atoms with Crippen molar-refractivity contribution in [2.45, 2.75) is 36.6 Å². The molecule has 0 bridgehead atoms. The molecule has 0 aromatic heterocycles. The van der Waals surface area contributed by atoms with Gasteiger partial charge in [-0.25, -0.2) is 4.79 Å². The van der Waals surface area contributed by atoms with Crippen molar-refractivity contribution in [2.75, 3.05) is 5.33 Å². The topological polar surface area (TPSA) is 127 Å². The van der Waals surface area contributed by atoms with Gasteiger partial charge in [0.1, 0.15) is 18.3 Å². The van der Waals surface area contributed by atoms with Crippen LogP contribution in [0.4, 0.5) is 0 Å². The van der Waals surface area contributed by atoms with Crippen molar-refractivity contribution in [3.05, 3.63) is 0 Å². The molecule has 5 N–H and O–H groups in total. The zero-order valence-electron chi connectivity index (χ0n) is 8.10. The van der Waals surface area contributed by atoms with Crippen molar-refractivity contribution in [1.82, 2.24) is 0 Å². The summed E-state index contributed by atoms with van der Waals surface area (Å²) in [4.78, 5) is 10.9. The van der Waals surface area contributed by atoms with Crippen molar-refractivity contribution in [3.8, 4) is 0 Å². The third-order valence-corrected chi connectivity index (χ3v) is 3.06. The smallest absolute Gasteiger partial charge is 0.338 e. The quantitative estimate of drug-likeness (QED) is 0.278. The first kappa shape index (κ1) is 13.8. The van der Waals surface area contributed by atoms with Crippen molar-refractivity contribution in [1.29, 1.82) is 0 Å². The summed E-state index contributed by atoms with van der Waals surface area (Å²) in [6.07, 6.45) is -9.38. The van der Waals surface area contributed by atoms with Crippen LogP contribution >= 0.6 is 15.9 Å². The Balaban J connectivity index is 2.68. The lowest BCUT2D eigenvalue weighted by molar-refractivity contribution is -0.157. The molecule has 1 fully saturated rings. The number of halogens is 1. The van der Waals surface area contributed by atoms with Gasteiger partial charge in [-0.1, -0.05) is 15.9 Å². The van der Waals surface area contributed by atoms with Crippen LogP contribution in [-0.2, 0) is 9.53 Å². The standard InChI is InChI=1S/C8H13BrO7/c9-1-2(10)3(11)4(12)7-5(13)6(14)8(15)16-7/h2-7,10-14H,1H2/t2-,3-,4+,5+,6+,7-/m1/s1. The highest BCUT2D eigenvalue weighted by Crippen LogP contribution is 2.21. The Bertz CT molecular complexity index is 261. The Morgan fingerprint density at radius 1 is 1.31 bits per heavy atom. The number of aliphatic hydroxyl groups is 5. The van der Waals surface area contributed by atoms with E-state index in [0.717, 1.165) is 0 Å². The van der Waals surface area contributed by atoms with Gasteiger partial charge < -0.3 is 30.3 Å². The monoisotopic (exact) mass is 300 g/mol. The summed E-state index contributed by atoms with van der Waals surface area (Å²) in [5.74, 6) is -1.07. The minimum Gasteiger partial charge on any atom is -0.455 e. The molecule has 16 heavy (non-hydrogen) atoms. The van der Waals surface area contributed by atoms with Crippen molar-refractivity contribution in [2.24, 2.45) is 0 Å². The number of rotatable bonds is 4. The molecule has 8 heteroatoms. The van der Waals surface area contributed by atoms with Gasteiger partial charge in [0.15, 0.2) is 12.2 Å². The molecule has 94 valence electrons. The van der Waals surface area contributed by atoms with E-state index in [1.54, 1.807) is 0 Å².